The molecule has 2 unspecified atom stereocenters. The zero-order chi connectivity index (χ0) is 11.5. The van der Waals surface area contributed by atoms with Crippen LogP contribution < -0.4 is 11.5 Å². The molecule has 0 aromatic heterocycles. The third kappa shape index (κ3) is 3.89. The lowest BCUT2D eigenvalue weighted by Gasteiger charge is -2.28. The maximum atomic E-state index is 11.3. The van der Waals surface area contributed by atoms with Crippen molar-refractivity contribution in [3.05, 3.63) is 0 Å². The Morgan fingerprint density at radius 1 is 1.47 bits per heavy atom. The summed E-state index contributed by atoms with van der Waals surface area (Å²) < 4.78 is 11.3. The van der Waals surface area contributed by atoms with Crippen molar-refractivity contribution in [3.63, 3.8) is 0 Å². The Labute approximate surface area is 92.6 Å². The summed E-state index contributed by atoms with van der Waals surface area (Å²) in [5.74, 6) is 0.913. The summed E-state index contributed by atoms with van der Waals surface area (Å²) in [5.41, 5.74) is 9.99. The van der Waals surface area contributed by atoms with Gasteiger partial charge in [0.15, 0.2) is 0 Å². The molecule has 0 bridgehead atoms. The number of hydrogen-bond acceptors (Lipinski definition) is 4. The van der Waals surface area contributed by atoms with E-state index in [0.29, 0.717) is 12.3 Å². The van der Waals surface area contributed by atoms with E-state index in [9.17, 15) is 9.00 Å². The van der Waals surface area contributed by atoms with Crippen molar-refractivity contribution in [3.8, 4) is 0 Å². The fraction of sp³-hybridized carbons (Fsp3) is 0.889. The first-order chi connectivity index (χ1) is 6.92. The van der Waals surface area contributed by atoms with E-state index in [-0.39, 0.29) is 0 Å². The van der Waals surface area contributed by atoms with E-state index in [1.54, 1.807) is 6.92 Å². The van der Waals surface area contributed by atoms with Crippen molar-refractivity contribution in [2.24, 2.45) is 11.5 Å². The third-order valence-corrected chi connectivity index (χ3v) is 3.98. The van der Waals surface area contributed by atoms with Crippen molar-refractivity contribution < 1.29 is 9.00 Å². The molecular formula is C9H19N3O2S. The topological polar surface area (TPSA) is 89.4 Å². The van der Waals surface area contributed by atoms with Gasteiger partial charge in [0.05, 0.1) is 0 Å². The molecule has 6 heteroatoms. The Balaban J connectivity index is 2.51. The van der Waals surface area contributed by atoms with Crippen LogP contribution in [0.2, 0.25) is 0 Å². The van der Waals surface area contributed by atoms with Gasteiger partial charge in [0, 0.05) is 35.4 Å². The summed E-state index contributed by atoms with van der Waals surface area (Å²) in [4.78, 5) is 13.1. The van der Waals surface area contributed by atoms with Crippen LogP contribution in [0.5, 0.6) is 0 Å². The van der Waals surface area contributed by atoms with E-state index in [0.717, 1.165) is 25.3 Å². The molecule has 1 amide bonds. The number of carbonyl (C=O) groups is 1. The normalized spacial score (nSPS) is 28.0. The van der Waals surface area contributed by atoms with E-state index in [2.05, 4.69) is 4.90 Å². The van der Waals surface area contributed by atoms with Gasteiger partial charge in [0.1, 0.15) is 5.54 Å². The summed E-state index contributed by atoms with van der Waals surface area (Å²) >= 11 is 0. The molecule has 1 heterocycles. The van der Waals surface area contributed by atoms with Crippen molar-refractivity contribution in [1.82, 2.24) is 4.90 Å². The lowest BCUT2D eigenvalue weighted by Crippen LogP contribution is -2.57. The second kappa shape index (κ2) is 5.05. The molecule has 1 fully saturated rings. The summed E-state index contributed by atoms with van der Waals surface area (Å²) in [6.45, 7) is 3.65. The summed E-state index contributed by atoms with van der Waals surface area (Å²) in [5, 5.41) is 0. The van der Waals surface area contributed by atoms with E-state index in [4.69, 9.17) is 11.5 Å². The highest BCUT2D eigenvalue weighted by molar-refractivity contribution is 7.85. The maximum absolute atomic E-state index is 11.3. The minimum atomic E-state index is -0.994. The molecule has 0 aromatic carbocycles. The van der Waals surface area contributed by atoms with Crippen molar-refractivity contribution in [1.29, 1.82) is 0 Å². The monoisotopic (exact) mass is 233 g/mol. The predicted octanol–water partition coefficient (Wildman–Crippen LogP) is -1.36. The molecule has 2 atom stereocenters. The standard InChI is InChI=1S/C9H19N3O2S/c1-9(11,8(10)13)7-12-3-2-5-15(14)6-4-12/h2-7,11H2,1H3,(H2,10,13). The molecule has 4 N–H and O–H groups in total. The molecule has 0 saturated carbocycles. The Morgan fingerprint density at radius 3 is 2.73 bits per heavy atom. The number of rotatable bonds is 3. The van der Waals surface area contributed by atoms with Gasteiger partial charge in [-0.3, -0.25) is 9.00 Å². The van der Waals surface area contributed by atoms with Crippen LogP contribution in [0.4, 0.5) is 0 Å². The van der Waals surface area contributed by atoms with E-state index in [1.165, 1.54) is 0 Å². The SMILES string of the molecule is CC(N)(CN1CCCS(=O)CC1)C(N)=O. The molecule has 5 nitrogen and oxygen atoms in total. The van der Waals surface area contributed by atoms with Crippen LogP contribution >= 0.6 is 0 Å². The summed E-state index contributed by atoms with van der Waals surface area (Å²) in [6, 6.07) is 0. The molecular weight excluding hydrogens is 214 g/mol. The molecule has 1 aliphatic rings. The number of primary amides is 1. The van der Waals surface area contributed by atoms with Gasteiger partial charge in [-0.25, -0.2) is 0 Å². The summed E-state index contributed by atoms with van der Waals surface area (Å²) in [6.07, 6.45) is 0.890. The number of hydrogen-bond donors (Lipinski definition) is 2. The molecule has 88 valence electrons. The van der Waals surface area contributed by atoms with Gasteiger partial charge in [-0.2, -0.15) is 0 Å². The Kier molecular flexibility index (Phi) is 4.24. The third-order valence-electron chi connectivity index (χ3n) is 2.60. The zero-order valence-corrected chi connectivity index (χ0v) is 9.89. The van der Waals surface area contributed by atoms with Crippen LogP contribution in [-0.4, -0.2) is 51.7 Å². The molecule has 0 aliphatic carbocycles. The first-order valence-electron chi connectivity index (χ1n) is 5.08. The second-order valence-electron chi connectivity index (χ2n) is 4.26. The van der Waals surface area contributed by atoms with Crippen LogP contribution in [0.15, 0.2) is 0 Å². The minimum Gasteiger partial charge on any atom is -0.368 e. The average molecular weight is 233 g/mol. The highest BCUT2D eigenvalue weighted by Gasteiger charge is 2.29. The minimum absolute atomic E-state index is 0.444. The van der Waals surface area contributed by atoms with Crippen LogP contribution in [0.3, 0.4) is 0 Å². The average Bonchev–Trinajstić information content (AvgIpc) is 2.30. The second-order valence-corrected chi connectivity index (χ2v) is 5.96. The lowest BCUT2D eigenvalue weighted by atomic mass is 10.0. The molecule has 0 aromatic rings. The first-order valence-corrected chi connectivity index (χ1v) is 6.57. The lowest BCUT2D eigenvalue weighted by molar-refractivity contribution is -0.123. The first kappa shape index (κ1) is 12.6. The van der Waals surface area contributed by atoms with Crippen molar-refractivity contribution in [2.75, 3.05) is 31.1 Å². The van der Waals surface area contributed by atoms with Gasteiger partial charge in [0.2, 0.25) is 5.91 Å². The van der Waals surface area contributed by atoms with Crippen molar-refractivity contribution >= 4 is 16.7 Å². The van der Waals surface area contributed by atoms with E-state index < -0.39 is 22.2 Å². The molecule has 1 saturated heterocycles. The van der Waals surface area contributed by atoms with Gasteiger partial charge in [-0.15, -0.1) is 0 Å². The van der Waals surface area contributed by atoms with Gasteiger partial charge < -0.3 is 16.4 Å². The van der Waals surface area contributed by atoms with Crippen LogP contribution in [0, 0.1) is 0 Å². The van der Waals surface area contributed by atoms with Crippen LogP contribution in [-0.2, 0) is 15.6 Å². The Hall–Kier alpha value is -0.460. The van der Waals surface area contributed by atoms with Gasteiger partial charge in [-0.1, -0.05) is 0 Å². The van der Waals surface area contributed by atoms with Crippen LogP contribution in [0.1, 0.15) is 13.3 Å². The molecule has 15 heavy (non-hydrogen) atoms. The van der Waals surface area contributed by atoms with Crippen molar-refractivity contribution in [2.45, 2.75) is 18.9 Å². The number of amides is 1. The quantitative estimate of drug-likeness (QED) is 0.630. The Morgan fingerprint density at radius 2 is 2.13 bits per heavy atom. The summed E-state index contributed by atoms with van der Waals surface area (Å²) in [7, 11) is -0.716. The predicted molar refractivity (Wildman–Crippen MR) is 60.7 cm³/mol. The number of nitrogens with zero attached hydrogens (tertiary/aromatic N) is 1. The fourth-order valence-electron chi connectivity index (χ4n) is 1.59. The number of carbonyl (C=O) groups excluding carboxylic acids is 1. The highest BCUT2D eigenvalue weighted by Crippen LogP contribution is 2.07. The van der Waals surface area contributed by atoms with E-state index >= 15 is 0 Å². The molecule has 0 radical (unpaired) electrons. The smallest absolute Gasteiger partial charge is 0.238 e. The molecule has 0 spiro atoms. The van der Waals surface area contributed by atoms with Crippen LogP contribution in [0.25, 0.3) is 0 Å². The van der Waals surface area contributed by atoms with Gasteiger partial charge in [0.25, 0.3) is 0 Å². The van der Waals surface area contributed by atoms with Gasteiger partial charge >= 0.3 is 0 Å². The highest BCUT2D eigenvalue weighted by atomic mass is 32.2. The molecule has 1 rings (SSSR count). The largest absolute Gasteiger partial charge is 0.368 e. The zero-order valence-electron chi connectivity index (χ0n) is 9.07. The van der Waals surface area contributed by atoms with E-state index in [1.807, 2.05) is 0 Å². The number of nitrogens with two attached hydrogens (primary N) is 2. The van der Waals surface area contributed by atoms with Gasteiger partial charge in [-0.05, 0) is 19.9 Å². The Bertz CT molecular complexity index is 268. The molecule has 1 aliphatic heterocycles. The fourth-order valence-corrected chi connectivity index (χ4v) is 2.71. The maximum Gasteiger partial charge on any atom is 0.238 e.